The molecule has 1 aliphatic heterocycles. The van der Waals surface area contributed by atoms with E-state index in [2.05, 4.69) is 36.1 Å². The minimum absolute atomic E-state index is 0.311. The van der Waals surface area contributed by atoms with Crippen LogP contribution in [0.15, 0.2) is 48.5 Å². The van der Waals surface area contributed by atoms with Crippen molar-refractivity contribution in [3.63, 3.8) is 0 Å². The Morgan fingerprint density at radius 1 is 1.09 bits per heavy atom. The van der Waals surface area contributed by atoms with Gasteiger partial charge in [0.2, 0.25) is 0 Å². The van der Waals surface area contributed by atoms with Gasteiger partial charge in [0.1, 0.15) is 5.75 Å². The SMILES string of the molecule is Cc1ccc(CN(Cc2ccccc2O)C[C@@H]2CCCO2)cc1. The summed E-state index contributed by atoms with van der Waals surface area (Å²) in [4.78, 5) is 2.37. The van der Waals surface area contributed by atoms with Crippen molar-refractivity contribution in [2.45, 2.75) is 39.0 Å². The fraction of sp³-hybridized carbons (Fsp3) is 0.400. The highest BCUT2D eigenvalue weighted by molar-refractivity contribution is 5.31. The lowest BCUT2D eigenvalue weighted by Crippen LogP contribution is -2.31. The first-order valence-electron chi connectivity index (χ1n) is 8.37. The lowest BCUT2D eigenvalue weighted by atomic mass is 10.1. The molecule has 23 heavy (non-hydrogen) atoms. The predicted molar refractivity (Wildman–Crippen MR) is 92.4 cm³/mol. The van der Waals surface area contributed by atoms with E-state index in [4.69, 9.17) is 4.74 Å². The summed E-state index contributed by atoms with van der Waals surface area (Å²) in [6, 6.07) is 16.3. The number of rotatable bonds is 6. The summed E-state index contributed by atoms with van der Waals surface area (Å²) >= 11 is 0. The zero-order chi connectivity index (χ0) is 16.1. The van der Waals surface area contributed by atoms with E-state index >= 15 is 0 Å². The highest BCUT2D eigenvalue weighted by atomic mass is 16.5. The van der Waals surface area contributed by atoms with E-state index in [1.807, 2.05) is 18.2 Å². The molecule has 0 aliphatic carbocycles. The van der Waals surface area contributed by atoms with Gasteiger partial charge in [0.05, 0.1) is 6.10 Å². The van der Waals surface area contributed by atoms with Crippen molar-refractivity contribution in [1.29, 1.82) is 0 Å². The third-order valence-corrected chi connectivity index (χ3v) is 4.40. The molecule has 0 amide bonds. The second-order valence-electron chi connectivity index (χ2n) is 6.42. The maximum atomic E-state index is 10.1. The maximum Gasteiger partial charge on any atom is 0.120 e. The Morgan fingerprint density at radius 2 is 1.87 bits per heavy atom. The Labute approximate surface area is 138 Å². The lowest BCUT2D eigenvalue weighted by Gasteiger charge is -2.25. The number of aryl methyl sites for hydroxylation is 1. The van der Waals surface area contributed by atoms with Gasteiger partial charge in [0, 0.05) is 31.8 Å². The van der Waals surface area contributed by atoms with Crippen LogP contribution in [0.3, 0.4) is 0 Å². The summed E-state index contributed by atoms with van der Waals surface area (Å²) < 4.78 is 5.80. The molecule has 3 nitrogen and oxygen atoms in total. The molecule has 0 saturated carbocycles. The number of hydrogen-bond donors (Lipinski definition) is 1. The van der Waals surface area contributed by atoms with Crippen LogP contribution < -0.4 is 0 Å². The predicted octanol–water partition coefficient (Wildman–Crippen LogP) is 3.88. The topological polar surface area (TPSA) is 32.7 Å². The van der Waals surface area contributed by atoms with Gasteiger partial charge in [-0.25, -0.2) is 0 Å². The standard InChI is InChI=1S/C20H25NO2/c1-16-8-10-17(11-9-16)13-21(15-19-6-4-12-23-19)14-18-5-2-3-7-20(18)22/h2-3,5,7-11,19,22H,4,6,12-15H2,1H3/t19-/m0/s1. The van der Waals surface area contributed by atoms with Crippen LogP contribution in [0.4, 0.5) is 0 Å². The van der Waals surface area contributed by atoms with Crippen LogP contribution >= 0.6 is 0 Å². The third kappa shape index (κ3) is 4.57. The summed E-state index contributed by atoms with van der Waals surface area (Å²) in [6.07, 6.45) is 2.59. The Hall–Kier alpha value is -1.84. The van der Waals surface area contributed by atoms with E-state index in [9.17, 15) is 5.11 Å². The first-order valence-corrected chi connectivity index (χ1v) is 8.37. The number of hydrogen-bond acceptors (Lipinski definition) is 3. The van der Waals surface area contributed by atoms with Crippen LogP contribution in [0.1, 0.15) is 29.5 Å². The monoisotopic (exact) mass is 311 g/mol. The van der Waals surface area contributed by atoms with Crippen LogP contribution in [-0.4, -0.2) is 29.3 Å². The largest absolute Gasteiger partial charge is 0.508 e. The van der Waals surface area contributed by atoms with Gasteiger partial charge in [-0.3, -0.25) is 4.90 Å². The van der Waals surface area contributed by atoms with Crippen molar-refractivity contribution < 1.29 is 9.84 Å². The molecule has 1 atom stereocenters. The van der Waals surface area contributed by atoms with Crippen molar-refractivity contribution in [2.24, 2.45) is 0 Å². The van der Waals surface area contributed by atoms with Gasteiger partial charge in [-0.05, 0) is 31.4 Å². The van der Waals surface area contributed by atoms with Crippen molar-refractivity contribution >= 4 is 0 Å². The second kappa shape index (κ2) is 7.62. The van der Waals surface area contributed by atoms with Gasteiger partial charge in [0.15, 0.2) is 0 Å². The average Bonchev–Trinajstić information content (AvgIpc) is 3.05. The smallest absolute Gasteiger partial charge is 0.120 e. The zero-order valence-corrected chi connectivity index (χ0v) is 13.7. The number of nitrogens with zero attached hydrogens (tertiary/aromatic N) is 1. The fourth-order valence-corrected chi connectivity index (χ4v) is 3.10. The Bertz CT molecular complexity index is 618. The van der Waals surface area contributed by atoms with E-state index in [-0.39, 0.29) is 0 Å². The average molecular weight is 311 g/mol. The molecule has 3 heteroatoms. The molecule has 1 fully saturated rings. The van der Waals surface area contributed by atoms with E-state index in [1.165, 1.54) is 11.1 Å². The van der Waals surface area contributed by atoms with E-state index in [1.54, 1.807) is 6.07 Å². The Balaban J connectivity index is 1.72. The second-order valence-corrected chi connectivity index (χ2v) is 6.42. The van der Waals surface area contributed by atoms with E-state index in [0.29, 0.717) is 11.9 Å². The molecular weight excluding hydrogens is 286 g/mol. The summed E-state index contributed by atoms with van der Waals surface area (Å²) in [6.45, 7) is 5.49. The summed E-state index contributed by atoms with van der Waals surface area (Å²) in [5.74, 6) is 0.369. The highest BCUT2D eigenvalue weighted by Crippen LogP contribution is 2.21. The van der Waals surface area contributed by atoms with Crippen molar-refractivity contribution in [3.8, 4) is 5.75 Å². The molecule has 122 valence electrons. The quantitative estimate of drug-likeness (QED) is 0.878. The number of benzene rings is 2. The summed E-state index contributed by atoms with van der Waals surface area (Å²) in [5.41, 5.74) is 3.54. The first-order chi connectivity index (χ1) is 11.2. The van der Waals surface area contributed by atoms with Crippen LogP contribution in [0.25, 0.3) is 0 Å². The maximum absolute atomic E-state index is 10.1. The molecule has 1 N–H and O–H groups in total. The summed E-state index contributed by atoms with van der Waals surface area (Å²) in [7, 11) is 0. The Kier molecular flexibility index (Phi) is 5.31. The molecule has 0 spiro atoms. The number of phenols is 1. The molecule has 1 heterocycles. The first kappa shape index (κ1) is 16.0. The van der Waals surface area contributed by atoms with Crippen LogP contribution in [0, 0.1) is 6.92 Å². The Morgan fingerprint density at radius 3 is 2.57 bits per heavy atom. The van der Waals surface area contributed by atoms with Crippen molar-refractivity contribution in [3.05, 3.63) is 65.2 Å². The molecule has 2 aromatic rings. The number of aromatic hydroxyl groups is 1. The minimum Gasteiger partial charge on any atom is -0.508 e. The van der Waals surface area contributed by atoms with Crippen LogP contribution in [0.5, 0.6) is 5.75 Å². The molecule has 0 radical (unpaired) electrons. The molecule has 0 unspecified atom stereocenters. The molecule has 1 aliphatic rings. The molecule has 1 saturated heterocycles. The summed E-state index contributed by atoms with van der Waals surface area (Å²) in [5, 5.41) is 10.1. The molecular formula is C20H25NO2. The molecule has 0 bridgehead atoms. The normalized spacial score (nSPS) is 17.7. The third-order valence-electron chi connectivity index (χ3n) is 4.40. The minimum atomic E-state index is 0.311. The van der Waals surface area contributed by atoms with Gasteiger partial charge >= 0.3 is 0 Å². The highest BCUT2D eigenvalue weighted by Gasteiger charge is 2.20. The molecule has 3 rings (SSSR count). The van der Waals surface area contributed by atoms with Gasteiger partial charge < -0.3 is 9.84 Å². The van der Waals surface area contributed by atoms with E-state index in [0.717, 1.165) is 44.6 Å². The van der Waals surface area contributed by atoms with Crippen molar-refractivity contribution in [2.75, 3.05) is 13.2 Å². The number of para-hydroxylation sites is 1. The lowest BCUT2D eigenvalue weighted by molar-refractivity contribution is 0.0676. The fourth-order valence-electron chi connectivity index (χ4n) is 3.10. The van der Waals surface area contributed by atoms with Gasteiger partial charge in [-0.15, -0.1) is 0 Å². The van der Waals surface area contributed by atoms with Gasteiger partial charge in [0.25, 0.3) is 0 Å². The molecule has 0 aromatic heterocycles. The van der Waals surface area contributed by atoms with Gasteiger partial charge in [-0.2, -0.15) is 0 Å². The number of phenolic OH excluding ortho intramolecular Hbond substituents is 1. The van der Waals surface area contributed by atoms with E-state index < -0.39 is 0 Å². The van der Waals surface area contributed by atoms with Crippen LogP contribution in [-0.2, 0) is 17.8 Å². The van der Waals surface area contributed by atoms with Crippen molar-refractivity contribution in [1.82, 2.24) is 4.90 Å². The van der Waals surface area contributed by atoms with Crippen LogP contribution in [0.2, 0.25) is 0 Å². The zero-order valence-electron chi connectivity index (χ0n) is 13.7. The molecule has 2 aromatic carbocycles. The number of ether oxygens (including phenoxy) is 1. The van der Waals surface area contributed by atoms with Gasteiger partial charge in [-0.1, -0.05) is 48.0 Å².